The summed E-state index contributed by atoms with van der Waals surface area (Å²) in [7, 11) is 0. The van der Waals surface area contributed by atoms with Crippen LogP contribution >= 0.6 is 11.6 Å². The topological polar surface area (TPSA) is 50.2 Å². The maximum Gasteiger partial charge on any atom is 0.256 e. The summed E-state index contributed by atoms with van der Waals surface area (Å²) < 4.78 is 1.75. The van der Waals surface area contributed by atoms with Gasteiger partial charge in [-0.15, -0.1) is 0 Å². The van der Waals surface area contributed by atoms with E-state index in [2.05, 4.69) is 46.5 Å². The Balaban J connectivity index is 1.53. The lowest BCUT2D eigenvalue weighted by Gasteiger charge is -2.32. The van der Waals surface area contributed by atoms with Gasteiger partial charge in [0.15, 0.2) is 0 Å². The van der Waals surface area contributed by atoms with Crippen LogP contribution in [0.25, 0.3) is 0 Å². The molecule has 1 aliphatic heterocycles. The zero-order valence-electron chi connectivity index (χ0n) is 16.2. The number of aryl methyl sites for hydroxylation is 2. The van der Waals surface area contributed by atoms with Crippen LogP contribution in [0.4, 0.5) is 0 Å². The highest BCUT2D eigenvalue weighted by Crippen LogP contribution is 2.21. The van der Waals surface area contributed by atoms with E-state index in [-0.39, 0.29) is 11.9 Å². The molecule has 1 saturated heterocycles. The molecule has 0 unspecified atom stereocenters. The predicted octanol–water partition coefficient (Wildman–Crippen LogP) is 4.04. The van der Waals surface area contributed by atoms with E-state index in [9.17, 15) is 4.79 Å². The van der Waals surface area contributed by atoms with Crippen LogP contribution in [0.2, 0.25) is 5.15 Å². The fourth-order valence-electron chi connectivity index (χ4n) is 3.60. The summed E-state index contributed by atoms with van der Waals surface area (Å²) in [5.74, 6) is -0.0956. The Morgan fingerprint density at radius 3 is 2.63 bits per heavy atom. The number of likely N-dealkylation sites (tertiary alicyclic amines) is 1. The van der Waals surface area contributed by atoms with Crippen molar-refractivity contribution in [1.82, 2.24) is 20.0 Å². The zero-order valence-corrected chi connectivity index (χ0v) is 17.0. The van der Waals surface area contributed by atoms with Crippen molar-refractivity contribution in [2.75, 3.05) is 13.1 Å². The van der Waals surface area contributed by atoms with E-state index in [0.717, 1.165) is 51.9 Å². The van der Waals surface area contributed by atoms with E-state index in [4.69, 9.17) is 11.6 Å². The maximum atomic E-state index is 12.8. The number of nitrogens with zero attached hydrogens (tertiary/aromatic N) is 3. The largest absolute Gasteiger partial charge is 0.349 e. The van der Waals surface area contributed by atoms with E-state index < -0.39 is 0 Å². The highest BCUT2D eigenvalue weighted by molar-refractivity contribution is 6.33. The van der Waals surface area contributed by atoms with Gasteiger partial charge in [-0.1, -0.05) is 55.3 Å². The van der Waals surface area contributed by atoms with Crippen molar-refractivity contribution in [3.8, 4) is 0 Å². The maximum absolute atomic E-state index is 12.8. The van der Waals surface area contributed by atoms with Gasteiger partial charge in [-0.2, -0.15) is 5.10 Å². The fraction of sp³-hybridized carbons (Fsp3) is 0.524. The molecule has 0 spiro atoms. The number of piperidine rings is 1. The Kier molecular flexibility index (Phi) is 6.91. The number of amides is 1. The van der Waals surface area contributed by atoms with Gasteiger partial charge in [0.05, 0.1) is 11.3 Å². The van der Waals surface area contributed by atoms with E-state index in [1.807, 2.05) is 13.0 Å². The van der Waals surface area contributed by atoms with Gasteiger partial charge in [0, 0.05) is 32.2 Å². The number of rotatable bonds is 7. The zero-order chi connectivity index (χ0) is 19.2. The Labute approximate surface area is 166 Å². The molecule has 5 nitrogen and oxygen atoms in total. The van der Waals surface area contributed by atoms with Crippen molar-refractivity contribution < 1.29 is 4.79 Å². The van der Waals surface area contributed by atoms with E-state index in [1.165, 1.54) is 5.56 Å². The molecule has 1 aromatic carbocycles. The number of halogens is 1. The van der Waals surface area contributed by atoms with Gasteiger partial charge in [0.1, 0.15) is 5.15 Å². The molecule has 0 saturated carbocycles. The van der Waals surface area contributed by atoms with Crippen LogP contribution in [0.3, 0.4) is 0 Å². The second kappa shape index (κ2) is 9.38. The molecule has 1 fully saturated rings. The second-order valence-corrected chi connectivity index (χ2v) is 7.70. The average Bonchev–Trinajstić information content (AvgIpc) is 2.96. The number of benzene rings is 1. The Morgan fingerprint density at radius 1 is 1.26 bits per heavy atom. The predicted molar refractivity (Wildman–Crippen MR) is 109 cm³/mol. The van der Waals surface area contributed by atoms with Crippen LogP contribution < -0.4 is 5.32 Å². The normalized spacial score (nSPS) is 15.8. The summed E-state index contributed by atoms with van der Waals surface area (Å²) in [5.41, 5.74) is 2.57. The van der Waals surface area contributed by atoms with Crippen molar-refractivity contribution in [3.63, 3.8) is 0 Å². The van der Waals surface area contributed by atoms with Crippen LogP contribution in [0.1, 0.15) is 54.2 Å². The summed E-state index contributed by atoms with van der Waals surface area (Å²) in [6, 6.07) is 10.7. The number of carbonyl (C=O) groups excluding carboxylic acids is 1. The Morgan fingerprint density at radius 2 is 1.96 bits per heavy atom. The monoisotopic (exact) mass is 388 g/mol. The van der Waals surface area contributed by atoms with E-state index >= 15 is 0 Å². The van der Waals surface area contributed by atoms with Gasteiger partial charge in [0.2, 0.25) is 0 Å². The van der Waals surface area contributed by atoms with Gasteiger partial charge >= 0.3 is 0 Å². The SMILES string of the molecule is CCCCn1nc(C)c(C(=O)NC2CCN(Cc3ccccc3)CC2)c1Cl. The van der Waals surface area contributed by atoms with E-state index in [0.29, 0.717) is 16.4 Å². The number of unbranched alkanes of at least 4 members (excludes halogenated alkanes) is 1. The summed E-state index contributed by atoms with van der Waals surface area (Å²) in [5, 5.41) is 8.06. The molecule has 3 rings (SSSR count). The first-order valence-corrected chi connectivity index (χ1v) is 10.3. The van der Waals surface area contributed by atoms with Crippen molar-refractivity contribution in [1.29, 1.82) is 0 Å². The van der Waals surface area contributed by atoms with Crippen LogP contribution in [-0.2, 0) is 13.1 Å². The van der Waals surface area contributed by atoms with Gasteiger partial charge in [-0.25, -0.2) is 0 Å². The van der Waals surface area contributed by atoms with Gasteiger partial charge < -0.3 is 5.32 Å². The molecule has 27 heavy (non-hydrogen) atoms. The summed E-state index contributed by atoms with van der Waals surface area (Å²) in [6.45, 7) is 7.68. The number of nitrogens with one attached hydrogen (secondary N) is 1. The minimum absolute atomic E-state index is 0.0956. The third kappa shape index (κ3) is 5.11. The molecule has 6 heteroatoms. The highest BCUT2D eigenvalue weighted by Gasteiger charge is 2.25. The molecule has 1 aromatic heterocycles. The molecule has 1 amide bonds. The average molecular weight is 389 g/mol. The summed E-state index contributed by atoms with van der Waals surface area (Å²) in [4.78, 5) is 15.2. The summed E-state index contributed by atoms with van der Waals surface area (Å²) in [6.07, 6.45) is 3.98. The van der Waals surface area contributed by atoms with Gasteiger partial charge in [-0.05, 0) is 31.7 Å². The smallest absolute Gasteiger partial charge is 0.256 e. The standard InChI is InChI=1S/C21H29ClN4O/c1-3-4-12-26-20(22)19(16(2)24-26)21(27)23-18-10-13-25(14-11-18)15-17-8-6-5-7-9-17/h5-9,18H,3-4,10-15H2,1-2H3,(H,23,27). The van der Waals surface area contributed by atoms with Gasteiger partial charge in [0.25, 0.3) is 5.91 Å². The Bertz CT molecular complexity index is 751. The number of hydrogen-bond donors (Lipinski definition) is 1. The van der Waals surface area contributed by atoms with Crippen LogP contribution in [0.5, 0.6) is 0 Å². The molecule has 146 valence electrons. The lowest BCUT2D eigenvalue weighted by Crippen LogP contribution is -2.44. The van der Waals surface area contributed by atoms with Crippen molar-refractivity contribution >= 4 is 17.5 Å². The van der Waals surface area contributed by atoms with Gasteiger partial charge in [-0.3, -0.25) is 14.4 Å². The molecule has 0 aliphatic carbocycles. The molecule has 1 N–H and O–H groups in total. The van der Waals surface area contributed by atoms with Crippen molar-refractivity contribution in [3.05, 3.63) is 52.3 Å². The number of aromatic nitrogens is 2. The van der Waals surface area contributed by atoms with Crippen LogP contribution in [0, 0.1) is 6.92 Å². The van der Waals surface area contributed by atoms with Crippen LogP contribution in [-0.4, -0.2) is 39.7 Å². The molecule has 0 radical (unpaired) electrons. The van der Waals surface area contributed by atoms with E-state index in [1.54, 1.807) is 4.68 Å². The third-order valence-corrected chi connectivity index (χ3v) is 5.57. The van der Waals surface area contributed by atoms with Crippen molar-refractivity contribution in [2.45, 2.75) is 58.7 Å². The molecule has 0 bridgehead atoms. The first-order valence-electron chi connectivity index (χ1n) is 9.88. The molecule has 0 atom stereocenters. The molecule has 2 aromatic rings. The molecule has 2 heterocycles. The highest BCUT2D eigenvalue weighted by atomic mass is 35.5. The molecular formula is C21H29ClN4O. The molecule has 1 aliphatic rings. The lowest BCUT2D eigenvalue weighted by molar-refractivity contribution is 0.0908. The van der Waals surface area contributed by atoms with Crippen LogP contribution in [0.15, 0.2) is 30.3 Å². The summed E-state index contributed by atoms with van der Waals surface area (Å²) >= 11 is 6.42. The third-order valence-electron chi connectivity index (χ3n) is 5.19. The lowest BCUT2D eigenvalue weighted by atomic mass is 10.0. The first kappa shape index (κ1) is 19.9. The quantitative estimate of drug-likeness (QED) is 0.778. The van der Waals surface area contributed by atoms with Crippen molar-refractivity contribution in [2.24, 2.45) is 0 Å². The molecular weight excluding hydrogens is 360 g/mol. The second-order valence-electron chi connectivity index (χ2n) is 7.34. The fourth-order valence-corrected chi connectivity index (χ4v) is 3.95. The number of hydrogen-bond acceptors (Lipinski definition) is 3. The minimum Gasteiger partial charge on any atom is -0.349 e. The minimum atomic E-state index is -0.0956. The number of carbonyl (C=O) groups is 1. The first-order chi connectivity index (χ1) is 13.1. The Hall–Kier alpha value is -1.85.